The molecule has 2 aliphatic rings. The molecule has 1 aromatic heterocycles. The lowest BCUT2D eigenvalue weighted by Gasteiger charge is -2.32. The van der Waals surface area contributed by atoms with Gasteiger partial charge in [-0.15, -0.1) is 6.58 Å². The van der Waals surface area contributed by atoms with Crippen LogP contribution >= 0.6 is 0 Å². The monoisotopic (exact) mass is 402 g/mol. The Balaban J connectivity index is 1.78. The molecule has 1 atom stereocenters. The maximum Gasteiger partial charge on any atom is 0.243 e. The fourth-order valence-corrected chi connectivity index (χ4v) is 4.64. The predicted octanol–water partition coefficient (Wildman–Crippen LogP) is 3.48. The molecule has 2 aromatic carbocycles. The van der Waals surface area contributed by atoms with Crippen LogP contribution in [0.3, 0.4) is 0 Å². The number of hydrogen-bond donors (Lipinski definition) is 1. The summed E-state index contributed by atoms with van der Waals surface area (Å²) >= 11 is 0. The fraction of sp³-hybridized carbons (Fsp3) is 0.174. The first-order valence-electron chi connectivity index (χ1n) is 9.64. The van der Waals surface area contributed by atoms with Gasteiger partial charge in [-0.1, -0.05) is 30.3 Å². The molecule has 1 spiro atoms. The van der Waals surface area contributed by atoms with Crippen LogP contribution in [0.2, 0.25) is 0 Å². The van der Waals surface area contributed by atoms with Crippen molar-refractivity contribution in [2.24, 2.45) is 0 Å². The molecule has 3 aromatic rings. The van der Waals surface area contributed by atoms with Gasteiger partial charge >= 0.3 is 0 Å². The maximum absolute atomic E-state index is 13.8. The molecule has 0 saturated heterocycles. The van der Waals surface area contributed by atoms with E-state index >= 15 is 0 Å². The number of anilines is 2. The number of aromatic nitrogens is 2. The summed E-state index contributed by atoms with van der Waals surface area (Å²) in [4.78, 5) is 28.3. The van der Waals surface area contributed by atoms with Crippen molar-refractivity contribution in [2.45, 2.75) is 18.8 Å². The molecular formula is C23H19FN4O2. The third-order valence-electron chi connectivity index (χ3n) is 5.85. The number of benzene rings is 2. The minimum atomic E-state index is -1.17. The number of amides is 2. The second-order valence-electron chi connectivity index (χ2n) is 7.60. The van der Waals surface area contributed by atoms with Gasteiger partial charge in [0.2, 0.25) is 11.8 Å². The molecule has 0 bridgehead atoms. The van der Waals surface area contributed by atoms with Crippen molar-refractivity contribution in [1.29, 1.82) is 0 Å². The summed E-state index contributed by atoms with van der Waals surface area (Å²) in [5, 5.41) is 7.25. The van der Waals surface area contributed by atoms with E-state index in [1.54, 1.807) is 29.3 Å². The van der Waals surface area contributed by atoms with Crippen molar-refractivity contribution >= 4 is 23.3 Å². The quantitative estimate of drug-likeness (QED) is 0.682. The van der Waals surface area contributed by atoms with E-state index in [2.05, 4.69) is 17.0 Å². The van der Waals surface area contributed by atoms with E-state index in [-0.39, 0.29) is 18.2 Å². The standard InChI is InChI=1S/C23H19FN4O2/c1-3-10-27-20-14(2)6-4-9-17(20)23(22(27)30)12-19(29)26-21-18(23)13-25-28(21)16-8-5-7-15(24)11-16/h3-9,11,13H,1,10,12H2,2H3,(H,26,29). The molecule has 0 fully saturated rings. The summed E-state index contributed by atoms with van der Waals surface area (Å²) in [6.07, 6.45) is 3.26. The smallest absolute Gasteiger partial charge is 0.243 e. The molecule has 6 nitrogen and oxygen atoms in total. The molecule has 5 rings (SSSR count). The van der Waals surface area contributed by atoms with Crippen LogP contribution in [-0.2, 0) is 15.0 Å². The normalized spacial score (nSPS) is 19.6. The van der Waals surface area contributed by atoms with Crippen molar-refractivity contribution < 1.29 is 14.0 Å². The van der Waals surface area contributed by atoms with E-state index < -0.39 is 11.2 Å². The molecule has 7 heteroatoms. The third-order valence-corrected chi connectivity index (χ3v) is 5.85. The van der Waals surface area contributed by atoms with Gasteiger partial charge < -0.3 is 10.2 Å². The summed E-state index contributed by atoms with van der Waals surface area (Å²) in [6.45, 7) is 6.07. The number of para-hydroxylation sites is 1. The van der Waals surface area contributed by atoms with E-state index in [9.17, 15) is 14.0 Å². The van der Waals surface area contributed by atoms with Crippen LogP contribution in [0.5, 0.6) is 0 Å². The minimum absolute atomic E-state index is 0.0161. The lowest BCUT2D eigenvalue weighted by molar-refractivity contribution is -0.126. The predicted molar refractivity (Wildman–Crippen MR) is 111 cm³/mol. The molecule has 2 aliphatic heterocycles. The second kappa shape index (κ2) is 6.38. The number of hydrogen-bond acceptors (Lipinski definition) is 3. The molecule has 0 aliphatic carbocycles. The fourth-order valence-electron chi connectivity index (χ4n) is 4.64. The zero-order chi connectivity index (χ0) is 21.0. The van der Waals surface area contributed by atoms with Gasteiger partial charge in [0.15, 0.2) is 0 Å². The van der Waals surface area contributed by atoms with Gasteiger partial charge in [-0.05, 0) is 36.2 Å². The lowest BCUT2D eigenvalue weighted by atomic mass is 9.71. The van der Waals surface area contributed by atoms with Gasteiger partial charge in [0.05, 0.1) is 17.6 Å². The van der Waals surface area contributed by atoms with Crippen molar-refractivity contribution in [1.82, 2.24) is 9.78 Å². The van der Waals surface area contributed by atoms with E-state index in [0.717, 1.165) is 16.8 Å². The van der Waals surface area contributed by atoms with Gasteiger partial charge in [0.25, 0.3) is 0 Å². The number of aryl methyl sites for hydroxylation is 1. The van der Waals surface area contributed by atoms with Crippen LogP contribution in [0.15, 0.2) is 61.3 Å². The Kier molecular flexibility index (Phi) is 3.89. The number of carbonyl (C=O) groups excluding carboxylic acids is 2. The van der Waals surface area contributed by atoms with Crippen LogP contribution < -0.4 is 10.2 Å². The Labute approximate surface area is 172 Å². The van der Waals surface area contributed by atoms with Crippen molar-refractivity contribution in [3.8, 4) is 5.69 Å². The van der Waals surface area contributed by atoms with E-state index in [4.69, 9.17) is 0 Å². The van der Waals surface area contributed by atoms with Crippen molar-refractivity contribution in [3.05, 3.63) is 83.8 Å². The second-order valence-corrected chi connectivity index (χ2v) is 7.60. The molecule has 150 valence electrons. The Morgan fingerprint density at radius 2 is 2.03 bits per heavy atom. The van der Waals surface area contributed by atoms with Gasteiger partial charge in [0.1, 0.15) is 17.1 Å². The van der Waals surface area contributed by atoms with Crippen LogP contribution in [0, 0.1) is 12.7 Å². The molecule has 1 N–H and O–H groups in total. The van der Waals surface area contributed by atoms with Crippen LogP contribution in [0.4, 0.5) is 15.9 Å². The topological polar surface area (TPSA) is 67.2 Å². The average Bonchev–Trinajstić information content (AvgIpc) is 3.23. The molecule has 2 amide bonds. The molecule has 0 saturated carbocycles. The summed E-state index contributed by atoms with van der Waals surface area (Å²) in [5.41, 5.74) is 2.44. The molecule has 30 heavy (non-hydrogen) atoms. The lowest BCUT2D eigenvalue weighted by Crippen LogP contribution is -2.46. The average molecular weight is 402 g/mol. The highest BCUT2D eigenvalue weighted by Crippen LogP contribution is 2.53. The van der Waals surface area contributed by atoms with E-state index in [0.29, 0.717) is 23.6 Å². The van der Waals surface area contributed by atoms with Gasteiger partial charge in [0, 0.05) is 18.5 Å². The highest BCUT2D eigenvalue weighted by Gasteiger charge is 2.57. The summed E-state index contributed by atoms with van der Waals surface area (Å²) < 4.78 is 15.3. The molecular weight excluding hydrogens is 383 g/mol. The van der Waals surface area contributed by atoms with Crippen molar-refractivity contribution in [2.75, 3.05) is 16.8 Å². The van der Waals surface area contributed by atoms with Gasteiger partial charge in [-0.3, -0.25) is 9.59 Å². The minimum Gasteiger partial charge on any atom is -0.310 e. The molecule has 3 heterocycles. The SMILES string of the molecule is C=CCN1C(=O)C2(CC(=O)Nc3c2cnn3-c2cccc(F)c2)c2cccc(C)c21. The Morgan fingerprint density at radius 3 is 2.80 bits per heavy atom. The number of rotatable bonds is 3. The number of carbonyl (C=O) groups is 2. The largest absolute Gasteiger partial charge is 0.310 e. The number of nitrogens with one attached hydrogen (secondary N) is 1. The first kappa shape index (κ1) is 18.3. The summed E-state index contributed by atoms with van der Waals surface area (Å²) in [7, 11) is 0. The van der Waals surface area contributed by atoms with E-state index in [1.807, 2.05) is 25.1 Å². The number of fused-ring (bicyclic) bond motifs is 4. The number of nitrogens with zero attached hydrogens (tertiary/aromatic N) is 3. The zero-order valence-corrected chi connectivity index (χ0v) is 16.4. The van der Waals surface area contributed by atoms with Gasteiger partial charge in [-0.2, -0.15) is 5.10 Å². The highest BCUT2D eigenvalue weighted by molar-refractivity contribution is 6.16. The first-order chi connectivity index (χ1) is 14.5. The Bertz CT molecular complexity index is 1230. The van der Waals surface area contributed by atoms with Crippen LogP contribution in [-0.4, -0.2) is 28.1 Å². The molecule has 1 unspecified atom stereocenters. The van der Waals surface area contributed by atoms with Crippen LogP contribution in [0.25, 0.3) is 5.69 Å². The maximum atomic E-state index is 13.8. The first-order valence-corrected chi connectivity index (χ1v) is 9.64. The third kappa shape index (κ3) is 2.32. The zero-order valence-electron chi connectivity index (χ0n) is 16.4. The van der Waals surface area contributed by atoms with Crippen LogP contribution in [0.1, 0.15) is 23.1 Å². The van der Waals surface area contributed by atoms with Gasteiger partial charge in [-0.25, -0.2) is 9.07 Å². The molecule has 0 radical (unpaired) electrons. The highest BCUT2D eigenvalue weighted by atomic mass is 19.1. The summed E-state index contributed by atoms with van der Waals surface area (Å²) in [5.74, 6) is -0.495. The van der Waals surface area contributed by atoms with E-state index in [1.165, 1.54) is 16.8 Å². The van der Waals surface area contributed by atoms with Crippen molar-refractivity contribution in [3.63, 3.8) is 0 Å². The Hall–Kier alpha value is -3.74. The summed E-state index contributed by atoms with van der Waals surface area (Å²) in [6, 6.07) is 11.7. The Morgan fingerprint density at radius 1 is 1.23 bits per heavy atom. The number of halogens is 1.